The Morgan fingerprint density at radius 1 is 1.17 bits per heavy atom. The van der Waals surface area contributed by atoms with Crippen molar-refractivity contribution in [1.82, 2.24) is 15.0 Å². The van der Waals surface area contributed by atoms with Gasteiger partial charge in [0.15, 0.2) is 0 Å². The predicted molar refractivity (Wildman–Crippen MR) is 73.8 cm³/mol. The lowest BCUT2D eigenvalue weighted by atomic mass is 10.2. The van der Waals surface area contributed by atoms with Gasteiger partial charge < -0.3 is 10.2 Å². The van der Waals surface area contributed by atoms with E-state index in [-0.39, 0.29) is 0 Å². The maximum Gasteiger partial charge on any atom is 0.129 e. The Morgan fingerprint density at radius 3 is 2.61 bits per heavy atom. The van der Waals surface area contributed by atoms with E-state index in [0.717, 1.165) is 29.4 Å². The fraction of sp³-hybridized carbons (Fsp3) is 0.308. The Morgan fingerprint density at radius 2 is 2.00 bits per heavy atom. The minimum Gasteiger partial charge on any atom is -0.370 e. The fourth-order valence-corrected chi connectivity index (χ4v) is 1.60. The molecule has 18 heavy (non-hydrogen) atoms. The lowest BCUT2D eigenvalue weighted by molar-refractivity contribution is 1.07. The Bertz CT molecular complexity index is 507. The van der Waals surface area contributed by atoms with Gasteiger partial charge in [0, 0.05) is 38.5 Å². The van der Waals surface area contributed by atoms with Crippen molar-refractivity contribution in [2.75, 3.05) is 30.9 Å². The molecule has 0 aliphatic carbocycles. The Kier molecular flexibility index (Phi) is 3.72. The molecular formula is C13H17N5. The van der Waals surface area contributed by atoms with E-state index in [1.54, 1.807) is 6.33 Å². The molecule has 0 saturated carbocycles. The number of aromatic nitrogens is 3. The molecule has 0 atom stereocenters. The third-order valence-corrected chi connectivity index (χ3v) is 2.53. The first-order chi connectivity index (χ1) is 8.70. The number of anilines is 2. The molecule has 0 spiro atoms. The molecule has 94 valence electrons. The third kappa shape index (κ3) is 2.74. The van der Waals surface area contributed by atoms with E-state index >= 15 is 0 Å². The number of hydrogen-bond donors (Lipinski definition) is 1. The maximum atomic E-state index is 4.38. The van der Waals surface area contributed by atoms with Gasteiger partial charge in [0.1, 0.15) is 18.0 Å². The monoisotopic (exact) mass is 243 g/mol. The molecule has 1 N–H and O–H groups in total. The quantitative estimate of drug-likeness (QED) is 0.890. The molecule has 0 aliphatic heterocycles. The zero-order valence-electron chi connectivity index (χ0n) is 10.9. The summed E-state index contributed by atoms with van der Waals surface area (Å²) in [4.78, 5) is 14.8. The van der Waals surface area contributed by atoms with Crippen LogP contribution in [0.4, 0.5) is 11.6 Å². The van der Waals surface area contributed by atoms with Gasteiger partial charge in [-0.2, -0.15) is 0 Å². The molecule has 2 heterocycles. The minimum atomic E-state index is 0.833. The minimum absolute atomic E-state index is 0.833. The highest BCUT2D eigenvalue weighted by atomic mass is 15.1. The zero-order chi connectivity index (χ0) is 13.0. The molecule has 0 bridgehead atoms. The zero-order valence-corrected chi connectivity index (χ0v) is 10.9. The molecule has 5 heteroatoms. The molecule has 0 aromatic carbocycles. The van der Waals surface area contributed by atoms with Gasteiger partial charge in [0.2, 0.25) is 0 Å². The largest absolute Gasteiger partial charge is 0.370 e. The lowest BCUT2D eigenvalue weighted by Crippen LogP contribution is -2.10. The van der Waals surface area contributed by atoms with Crippen LogP contribution in [0.15, 0.2) is 30.7 Å². The normalized spacial score (nSPS) is 10.2. The van der Waals surface area contributed by atoms with Crippen LogP contribution in [0, 0.1) is 0 Å². The SMILES string of the molecule is CCNc1cc(-c2ccc(N(C)C)nc2)ncn1. The van der Waals surface area contributed by atoms with E-state index in [4.69, 9.17) is 0 Å². The van der Waals surface area contributed by atoms with Crippen molar-refractivity contribution < 1.29 is 0 Å². The van der Waals surface area contributed by atoms with Gasteiger partial charge in [-0.05, 0) is 19.1 Å². The number of nitrogens with zero attached hydrogens (tertiary/aromatic N) is 4. The highest BCUT2D eigenvalue weighted by Crippen LogP contribution is 2.19. The highest BCUT2D eigenvalue weighted by molar-refractivity contribution is 5.62. The smallest absolute Gasteiger partial charge is 0.129 e. The molecule has 2 rings (SSSR count). The molecule has 2 aromatic heterocycles. The average molecular weight is 243 g/mol. The van der Waals surface area contributed by atoms with Crippen LogP contribution in [-0.2, 0) is 0 Å². The fourth-order valence-electron chi connectivity index (χ4n) is 1.60. The maximum absolute atomic E-state index is 4.38. The van der Waals surface area contributed by atoms with E-state index in [9.17, 15) is 0 Å². The predicted octanol–water partition coefficient (Wildman–Crippen LogP) is 2.04. The van der Waals surface area contributed by atoms with Crippen LogP contribution in [0.5, 0.6) is 0 Å². The summed E-state index contributed by atoms with van der Waals surface area (Å²) in [5.74, 6) is 1.76. The van der Waals surface area contributed by atoms with Gasteiger partial charge in [-0.1, -0.05) is 0 Å². The van der Waals surface area contributed by atoms with Gasteiger partial charge in [0.25, 0.3) is 0 Å². The number of pyridine rings is 1. The van der Waals surface area contributed by atoms with E-state index in [1.165, 1.54) is 0 Å². The van der Waals surface area contributed by atoms with Crippen molar-refractivity contribution in [2.45, 2.75) is 6.92 Å². The Balaban J connectivity index is 2.27. The van der Waals surface area contributed by atoms with Crippen LogP contribution >= 0.6 is 0 Å². The van der Waals surface area contributed by atoms with Gasteiger partial charge >= 0.3 is 0 Å². The second-order valence-electron chi connectivity index (χ2n) is 4.12. The van der Waals surface area contributed by atoms with E-state index in [0.29, 0.717) is 0 Å². The standard InChI is InChI=1S/C13H17N5/c1-4-14-12-7-11(16-9-17-12)10-5-6-13(15-8-10)18(2)3/h5-9H,4H2,1-3H3,(H,14,16,17). The molecule has 5 nitrogen and oxygen atoms in total. The van der Waals surface area contributed by atoms with E-state index in [2.05, 4.69) is 20.3 Å². The van der Waals surface area contributed by atoms with E-state index in [1.807, 2.05) is 50.3 Å². The molecule has 0 amide bonds. The molecule has 0 saturated heterocycles. The van der Waals surface area contributed by atoms with Gasteiger partial charge in [0.05, 0.1) is 5.69 Å². The lowest BCUT2D eigenvalue weighted by Gasteiger charge is -2.11. The number of nitrogens with one attached hydrogen (secondary N) is 1. The van der Waals surface area contributed by atoms with Crippen molar-refractivity contribution in [3.63, 3.8) is 0 Å². The molecule has 0 fully saturated rings. The van der Waals surface area contributed by atoms with Gasteiger partial charge in [-0.25, -0.2) is 15.0 Å². The molecular weight excluding hydrogens is 226 g/mol. The van der Waals surface area contributed by atoms with Crippen LogP contribution in [0.2, 0.25) is 0 Å². The third-order valence-electron chi connectivity index (χ3n) is 2.53. The summed E-state index contributed by atoms with van der Waals surface area (Å²) >= 11 is 0. The van der Waals surface area contributed by atoms with Crippen molar-refractivity contribution in [3.05, 3.63) is 30.7 Å². The summed E-state index contributed by atoms with van der Waals surface area (Å²) in [6.45, 7) is 2.88. The van der Waals surface area contributed by atoms with Crippen molar-refractivity contribution in [3.8, 4) is 11.3 Å². The average Bonchev–Trinajstić information content (AvgIpc) is 2.39. The Labute approximate surface area is 107 Å². The summed E-state index contributed by atoms with van der Waals surface area (Å²) in [5, 5.41) is 3.17. The van der Waals surface area contributed by atoms with Crippen LogP contribution in [0.25, 0.3) is 11.3 Å². The van der Waals surface area contributed by atoms with Crippen molar-refractivity contribution in [1.29, 1.82) is 0 Å². The molecule has 0 aliphatic rings. The summed E-state index contributed by atoms with van der Waals surface area (Å²) in [5.41, 5.74) is 1.86. The molecule has 0 radical (unpaired) electrons. The first-order valence-electron chi connectivity index (χ1n) is 5.90. The van der Waals surface area contributed by atoms with Crippen LogP contribution in [-0.4, -0.2) is 35.6 Å². The highest BCUT2D eigenvalue weighted by Gasteiger charge is 2.03. The van der Waals surface area contributed by atoms with Gasteiger partial charge in [-0.15, -0.1) is 0 Å². The van der Waals surface area contributed by atoms with Crippen LogP contribution < -0.4 is 10.2 Å². The topological polar surface area (TPSA) is 53.9 Å². The summed E-state index contributed by atoms with van der Waals surface area (Å²) < 4.78 is 0. The van der Waals surface area contributed by atoms with Crippen LogP contribution in [0.3, 0.4) is 0 Å². The second-order valence-corrected chi connectivity index (χ2v) is 4.12. The summed E-state index contributed by atoms with van der Waals surface area (Å²) in [6, 6.07) is 5.92. The van der Waals surface area contributed by atoms with Crippen LogP contribution in [0.1, 0.15) is 6.92 Å². The van der Waals surface area contributed by atoms with E-state index < -0.39 is 0 Å². The first-order valence-corrected chi connectivity index (χ1v) is 5.90. The van der Waals surface area contributed by atoms with Crippen molar-refractivity contribution in [2.24, 2.45) is 0 Å². The molecule has 0 unspecified atom stereocenters. The second kappa shape index (κ2) is 5.44. The number of hydrogen-bond acceptors (Lipinski definition) is 5. The van der Waals surface area contributed by atoms with Crippen molar-refractivity contribution >= 4 is 11.6 Å². The van der Waals surface area contributed by atoms with Gasteiger partial charge in [-0.3, -0.25) is 0 Å². The number of rotatable bonds is 4. The summed E-state index contributed by atoms with van der Waals surface area (Å²) in [6.07, 6.45) is 3.39. The first kappa shape index (κ1) is 12.3. The Hall–Kier alpha value is -2.17. The summed E-state index contributed by atoms with van der Waals surface area (Å²) in [7, 11) is 3.94. The molecule has 2 aromatic rings.